The standard InChI is InChI=1S/C25H24FNO3/c1-15(25(28)29)11-17-3-4-18-6-8-23(30-24(18)13-17)21-7-5-19(14-22(21)26)20-9-10-27-16(2)12-20/h3-5,7,9-10,12-15,23H,6,8,11H2,1-2H3,(H,28,29). The van der Waals surface area contributed by atoms with E-state index in [0.717, 1.165) is 40.1 Å². The van der Waals surface area contributed by atoms with Gasteiger partial charge in [-0.05, 0) is 72.7 Å². The van der Waals surface area contributed by atoms with E-state index in [-0.39, 0.29) is 11.9 Å². The minimum Gasteiger partial charge on any atom is -0.485 e. The van der Waals surface area contributed by atoms with Crippen molar-refractivity contribution in [3.05, 3.63) is 82.9 Å². The van der Waals surface area contributed by atoms with Crippen molar-refractivity contribution in [2.24, 2.45) is 5.92 Å². The molecule has 4 rings (SSSR count). The van der Waals surface area contributed by atoms with Crippen LogP contribution < -0.4 is 4.74 Å². The molecule has 3 aromatic rings. The zero-order valence-electron chi connectivity index (χ0n) is 17.1. The lowest BCUT2D eigenvalue weighted by Crippen LogP contribution is -2.17. The Bertz CT molecular complexity index is 1100. The molecule has 30 heavy (non-hydrogen) atoms. The Morgan fingerprint density at radius 1 is 1.20 bits per heavy atom. The SMILES string of the molecule is Cc1cc(-c2ccc(C3CCc4ccc(CC(C)C(=O)O)cc4O3)c(F)c2)ccn1. The van der Waals surface area contributed by atoms with Crippen molar-refractivity contribution in [1.29, 1.82) is 0 Å². The largest absolute Gasteiger partial charge is 0.485 e. The normalized spacial score (nSPS) is 16.4. The van der Waals surface area contributed by atoms with Crippen molar-refractivity contribution in [3.63, 3.8) is 0 Å². The molecule has 2 atom stereocenters. The van der Waals surface area contributed by atoms with Crippen LogP contribution in [0.1, 0.15) is 41.8 Å². The van der Waals surface area contributed by atoms with E-state index < -0.39 is 11.9 Å². The Hall–Kier alpha value is -3.21. The van der Waals surface area contributed by atoms with Crippen molar-refractivity contribution >= 4 is 5.97 Å². The van der Waals surface area contributed by atoms with Gasteiger partial charge in [0.1, 0.15) is 17.7 Å². The summed E-state index contributed by atoms with van der Waals surface area (Å²) in [5, 5.41) is 9.15. The summed E-state index contributed by atoms with van der Waals surface area (Å²) in [4.78, 5) is 15.3. The first kappa shape index (κ1) is 20.1. The first-order valence-electron chi connectivity index (χ1n) is 10.1. The molecule has 0 saturated carbocycles. The molecule has 0 radical (unpaired) electrons. The van der Waals surface area contributed by atoms with E-state index in [4.69, 9.17) is 9.84 Å². The summed E-state index contributed by atoms with van der Waals surface area (Å²) >= 11 is 0. The molecule has 1 N–H and O–H groups in total. The summed E-state index contributed by atoms with van der Waals surface area (Å²) < 4.78 is 21.1. The van der Waals surface area contributed by atoms with Crippen LogP contribution in [0.4, 0.5) is 4.39 Å². The van der Waals surface area contributed by atoms with Crippen molar-refractivity contribution < 1.29 is 19.0 Å². The fourth-order valence-corrected chi connectivity index (χ4v) is 3.89. The van der Waals surface area contributed by atoms with E-state index in [1.54, 1.807) is 25.3 Å². The van der Waals surface area contributed by atoms with Gasteiger partial charge >= 0.3 is 5.97 Å². The van der Waals surface area contributed by atoms with Gasteiger partial charge in [0, 0.05) is 17.5 Å². The molecule has 1 aliphatic rings. The second-order valence-corrected chi connectivity index (χ2v) is 7.95. The second-order valence-electron chi connectivity index (χ2n) is 7.95. The molecule has 0 bridgehead atoms. The zero-order chi connectivity index (χ0) is 21.3. The number of halogens is 1. The molecule has 0 spiro atoms. The number of hydrogen-bond donors (Lipinski definition) is 1. The van der Waals surface area contributed by atoms with E-state index in [0.29, 0.717) is 18.4 Å². The third kappa shape index (κ3) is 4.20. The fraction of sp³-hybridized carbons (Fsp3) is 0.280. The molecule has 0 fully saturated rings. The van der Waals surface area contributed by atoms with Crippen molar-refractivity contribution in [2.75, 3.05) is 0 Å². The molecule has 154 valence electrons. The second kappa shape index (κ2) is 8.27. The maximum absolute atomic E-state index is 15.0. The molecule has 4 nitrogen and oxygen atoms in total. The van der Waals surface area contributed by atoms with Crippen molar-refractivity contribution in [2.45, 2.75) is 39.2 Å². The summed E-state index contributed by atoms with van der Waals surface area (Å²) in [7, 11) is 0. The summed E-state index contributed by atoms with van der Waals surface area (Å²) in [5.74, 6) is -0.858. The van der Waals surface area contributed by atoms with E-state index >= 15 is 0 Å². The number of aryl methyl sites for hydroxylation is 2. The van der Waals surface area contributed by atoms with Crippen LogP contribution in [0.5, 0.6) is 5.75 Å². The van der Waals surface area contributed by atoms with Gasteiger partial charge in [-0.15, -0.1) is 0 Å². The Morgan fingerprint density at radius 2 is 2.00 bits per heavy atom. The van der Waals surface area contributed by atoms with Gasteiger partial charge in [-0.1, -0.05) is 31.2 Å². The van der Waals surface area contributed by atoms with Crippen LogP contribution in [-0.2, 0) is 17.6 Å². The number of nitrogens with zero attached hydrogens (tertiary/aromatic N) is 1. The number of carboxylic acids is 1. The number of hydrogen-bond acceptors (Lipinski definition) is 3. The van der Waals surface area contributed by atoms with Crippen molar-refractivity contribution in [3.8, 4) is 16.9 Å². The monoisotopic (exact) mass is 405 g/mol. The molecule has 5 heteroatoms. The molecule has 2 heterocycles. The minimum atomic E-state index is -0.821. The summed E-state index contributed by atoms with van der Waals surface area (Å²) in [6.45, 7) is 3.60. The van der Waals surface area contributed by atoms with E-state index in [2.05, 4.69) is 4.98 Å². The first-order chi connectivity index (χ1) is 14.4. The van der Waals surface area contributed by atoms with Crippen molar-refractivity contribution in [1.82, 2.24) is 4.98 Å². The first-order valence-corrected chi connectivity index (χ1v) is 10.1. The Morgan fingerprint density at radius 3 is 2.73 bits per heavy atom. The summed E-state index contributed by atoms with van der Waals surface area (Å²) in [5.41, 5.74) is 5.15. The molecule has 0 amide bonds. The number of pyridine rings is 1. The Balaban J connectivity index is 1.56. The average Bonchev–Trinajstić information content (AvgIpc) is 2.73. The number of aliphatic carboxylic acids is 1. The third-order valence-electron chi connectivity index (χ3n) is 5.62. The highest BCUT2D eigenvalue weighted by Gasteiger charge is 2.25. The van der Waals surface area contributed by atoms with E-state index in [1.165, 1.54) is 0 Å². The maximum Gasteiger partial charge on any atom is 0.306 e. The Labute approximate surface area is 175 Å². The molecule has 0 saturated heterocycles. The van der Waals surface area contributed by atoms with Gasteiger partial charge in [-0.3, -0.25) is 9.78 Å². The van der Waals surface area contributed by atoms with Gasteiger partial charge in [0.05, 0.1) is 5.92 Å². The highest BCUT2D eigenvalue weighted by atomic mass is 19.1. The Kier molecular flexibility index (Phi) is 5.53. The molecule has 1 aromatic heterocycles. The van der Waals surface area contributed by atoms with Gasteiger partial charge in [-0.25, -0.2) is 4.39 Å². The number of benzene rings is 2. The predicted octanol–water partition coefficient (Wildman–Crippen LogP) is 5.53. The highest BCUT2D eigenvalue weighted by Crippen LogP contribution is 2.37. The average molecular weight is 405 g/mol. The van der Waals surface area contributed by atoms with Crippen LogP contribution in [0.2, 0.25) is 0 Å². The van der Waals surface area contributed by atoms with E-state index in [1.807, 2.05) is 43.3 Å². The van der Waals surface area contributed by atoms with Crippen LogP contribution in [0.15, 0.2) is 54.7 Å². The van der Waals surface area contributed by atoms with Gasteiger partial charge in [0.25, 0.3) is 0 Å². The van der Waals surface area contributed by atoms with Gasteiger partial charge in [0.15, 0.2) is 0 Å². The zero-order valence-corrected chi connectivity index (χ0v) is 17.1. The lowest BCUT2D eigenvalue weighted by atomic mass is 9.93. The number of carboxylic acid groups (broad SMARTS) is 1. The topological polar surface area (TPSA) is 59.4 Å². The molecular weight excluding hydrogens is 381 g/mol. The van der Waals surface area contributed by atoms with Crippen LogP contribution >= 0.6 is 0 Å². The lowest BCUT2D eigenvalue weighted by molar-refractivity contribution is -0.141. The predicted molar refractivity (Wildman–Crippen MR) is 113 cm³/mol. The number of aromatic nitrogens is 1. The highest BCUT2D eigenvalue weighted by molar-refractivity contribution is 5.70. The fourth-order valence-electron chi connectivity index (χ4n) is 3.89. The van der Waals surface area contributed by atoms with Crippen LogP contribution in [-0.4, -0.2) is 16.1 Å². The quantitative estimate of drug-likeness (QED) is 0.607. The van der Waals surface area contributed by atoms with Crippen LogP contribution in [0, 0.1) is 18.7 Å². The minimum absolute atomic E-state index is 0.286. The molecule has 0 aliphatic carbocycles. The van der Waals surface area contributed by atoms with Gasteiger partial charge in [0.2, 0.25) is 0 Å². The summed E-state index contributed by atoms with van der Waals surface area (Å²) in [6.07, 6.45) is 3.28. The molecule has 2 aromatic carbocycles. The van der Waals surface area contributed by atoms with Gasteiger partial charge in [-0.2, -0.15) is 0 Å². The number of rotatable bonds is 5. The van der Waals surface area contributed by atoms with Gasteiger partial charge < -0.3 is 9.84 Å². The molecule has 1 aliphatic heterocycles. The maximum atomic E-state index is 15.0. The number of fused-ring (bicyclic) bond motifs is 1. The van der Waals surface area contributed by atoms with Crippen LogP contribution in [0.3, 0.4) is 0 Å². The molecular formula is C25H24FNO3. The molecule has 2 unspecified atom stereocenters. The number of carbonyl (C=O) groups is 1. The third-order valence-corrected chi connectivity index (χ3v) is 5.62. The van der Waals surface area contributed by atoms with Crippen LogP contribution in [0.25, 0.3) is 11.1 Å². The van der Waals surface area contributed by atoms with E-state index in [9.17, 15) is 9.18 Å². The smallest absolute Gasteiger partial charge is 0.306 e. The lowest BCUT2D eigenvalue weighted by Gasteiger charge is -2.27. The number of ether oxygens (including phenoxy) is 1. The summed E-state index contributed by atoms with van der Waals surface area (Å²) in [6, 6.07) is 14.9.